The molecular formula is C14H15F3N2O. The second kappa shape index (κ2) is 5.33. The predicted molar refractivity (Wildman–Crippen MR) is 67.3 cm³/mol. The van der Waals surface area contributed by atoms with Gasteiger partial charge in [0.15, 0.2) is 0 Å². The molecule has 1 fully saturated rings. The van der Waals surface area contributed by atoms with Crippen LogP contribution in [0, 0.1) is 11.3 Å². The maximum absolute atomic E-state index is 13.4. The molecule has 0 aromatic heterocycles. The molecule has 1 aromatic rings. The fourth-order valence-corrected chi connectivity index (χ4v) is 2.46. The molecule has 1 atom stereocenters. The molecule has 0 radical (unpaired) electrons. The van der Waals surface area contributed by atoms with Crippen LogP contribution in [0.1, 0.15) is 18.4 Å². The van der Waals surface area contributed by atoms with Gasteiger partial charge in [0.2, 0.25) is 5.60 Å². The zero-order chi connectivity index (χ0) is 14.8. The van der Waals surface area contributed by atoms with Crippen LogP contribution in [0.15, 0.2) is 24.3 Å². The van der Waals surface area contributed by atoms with Crippen molar-refractivity contribution in [2.24, 2.45) is 0 Å². The fourth-order valence-electron chi connectivity index (χ4n) is 2.46. The lowest BCUT2D eigenvalue weighted by Gasteiger charge is -2.42. The van der Waals surface area contributed by atoms with Crippen LogP contribution in [0.2, 0.25) is 0 Å². The number of likely N-dealkylation sites (N-methyl/N-ethyl adjacent to an activating group) is 1. The van der Waals surface area contributed by atoms with E-state index >= 15 is 0 Å². The van der Waals surface area contributed by atoms with Gasteiger partial charge in [0.1, 0.15) is 5.75 Å². The normalized spacial score (nSPS) is 24.1. The lowest BCUT2D eigenvalue weighted by atomic mass is 9.92. The maximum Gasteiger partial charge on any atom is 0.429 e. The molecule has 1 unspecified atom stereocenters. The minimum absolute atomic E-state index is 0.0718. The summed E-state index contributed by atoms with van der Waals surface area (Å²) in [4.78, 5) is 1.62. The number of piperidine rings is 1. The maximum atomic E-state index is 13.4. The molecule has 20 heavy (non-hydrogen) atoms. The number of hydrogen-bond acceptors (Lipinski definition) is 3. The standard InChI is InChI=1S/C14H15F3N2O/c1-19-7-3-6-13(10-19,14(15,16)17)20-12-5-2-4-11(8-12)9-18/h2,4-5,8H,3,6-7,10H2,1H3. The van der Waals surface area contributed by atoms with Crippen molar-refractivity contribution in [1.29, 1.82) is 5.26 Å². The second-order valence-electron chi connectivity index (χ2n) is 5.08. The largest absolute Gasteiger partial charge is 0.476 e. The molecule has 0 amide bonds. The Morgan fingerprint density at radius 1 is 1.40 bits per heavy atom. The van der Waals surface area contributed by atoms with Gasteiger partial charge in [0, 0.05) is 6.54 Å². The van der Waals surface area contributed by atoms with Crippen molar-refractivity contribution >= 4 is 0 Å². The molecule has 0 N–H and O–H groups in total. The molecule has 0 saturated carbocycles. The van der Waals surface area contributed by atoms with Crippen molar-refractivity contribution < 1.29 is 17.9 Å². The Kier molecular flexibility index (Phi) is 3.91. The number of hydrogen-bond donors (Lipinski definition) is 0. The van der Waals surface area contributed by atoms with E-state index in [1.807, 2.05) is 6.07 Å². The molecule has 1 aliphatic heterocycles. The first-order valence-electron chi connectivity index (χ1n) is 6.31. The molecule has 2 rings (SSSR count). The Morgan fingerprint density at radius 2 is 2.15 bits per heavy atom. The highest BCUT2D eigenvalue weighted by atomic mass is 19.4. The van der Waals surface area contributed by atoms with Crippen molar-refractivity contribution in [1.82, 2.24) is 4.90 Å². The van der Waals surface area contributed by atoms with Gasteiger partial charge < -0.3 is 9.64 Å². The molecule has 1 aromatic carbocycles. The monoisotopic (exact) mass is 284 g/mol. The Bertz CT molecular complexity index is 524. The third kappa shape index (κ3) is 2.88. The number of halogens is 3. The Labute approximate surface area is 115 Å². The molecule has 108 valence electrons. The smallest absolute Gasteiger partial charge is 0.429 e. The number of benzene rings is 1. The van der Waals surface area contributed by atoms with Crippen molar-refractivity contribution in [3.8, 4) is 11.8 Å². The summed E-state index contributed by atoms with van der Waals surface area (Å²) < 4.78 is 45.6. The van der Waals surface area contributed by atoms with Crippen LogP contribution in [-0.2, 0) is 0 Å². The lowest BCUT2D eigenvalue weighted by Crippen LogP contribution is -2.59. The number of ether oxygens (including phenoxy) is 1. The van der Waals surface area contributed by atoms with E-state index in [1.54, 1.807) is 11.9 Å². The number of alkyl halides is 3. The molecule has 0 bridgehead atoms. The number of nitriles is 1. The first kappa shape index (κ1) is 14.7. The zero-order valence-electron chi connectivity index (χ0n) is 11.1. The van der Waals surface area contributed by atoms with Crippen molar-refractivity contribution in [3.63, 3.8) is 0 Å². The van der Waals surface area contributed by atoms with Gasteiger partial charge in [-0.2, -0.15) is 18.4 Å². The summed E-state index contributed by atoms with van der Waals surface area (Å²) in [7, 11) is 1.65. The van der Waals surface area contributed by atoms with Gasteiger partial charge in [-0.15, -0.1) is 0 Å². The molecule has 1 heterocycles. The Balaban J connectivity index is 2.31. The lowest BCUT2D eigenvalue weighted by molar-refractivity contribution is -0.261. The van der Waals surface area contributed by atoms with E-state index in [-0.39, 0.29) is 24.3 Å². The minimum atomic E-state index is -4.45. The van der Waals surface area contributed by atoms with Crippen LogP contribution in [0.25, 0.3) is 0 Å². The summed E-state index contributed by atoms with van der Waals surface area (Å²) >= 11 is 0. The quantitative estimate of drug-likeness (QED) is 0.837. The predicted octanol–water partition coefficient (Wildman–Crippen LogP) is 2.96. The average Bonchev–Trinajstić information content (AvgIpc) is 2.37. The molecule has 6 heteroatoms. The summed E-state index contributed by atoms with van der Waals surface area (Å²) in [5, 5.41) is 8.80. The second-order valence-corrected chi connectivity index (χ2v) is 5.08. The van der Waals surface area contributed by atoms with Crippen LogP contribution < -0.4 is 4.74 Å². The summed E-state index contributed by atoms with van der Waals surface area (Å²) in [6.45, 7) is 0.423. The molecule has 1 saturated heterocycles. The fraction of sp³-hybridized carbons (Fsp3) is 0.500. The van der Waals surface area contributed by atoms with E-state index < -0.39 is 11.8 Å². The summed E-state index contributed by atoms with van der Waals surface area (Å²) in [5.74, 6) is 0.0803. The van der Waals surface area contributed by atoms with E-state index in [1.165, 1.54) is 24.3 Å². The van der Waals surface area contributed by atoms with Gasteiger partial charge >= 0.3 is 6.18 Å². The van der Waals surface area contributed by atoms with Gasteiger partial charge in [-0.25, -0.2) is 0 Å². The SMILES string of the molecule is CN1CCCC(Oc2cccc(C#N)c2)(C(F)(F)F)C1. The van der Waals surface area contributed by atoms with Crippen LogP contribution in [0.3, 0.4) is 0 Å². The first-order valence-corrected chi connectivity index (χ1v) is 6.31. The van der Waals surface area contributed by atoms with Crippen LogP contribution in [0.5, 0.6) is 5.75 Å². The number of nitrogens with zero attached hydrogens (tertiary/aromatic N) is 2. The summed E-state index contributed by atoms with van der Waals surface area (Å²) in [6, 6.07) is 7.72. The van der Waals surface area contributed by atoms with Crippen molar-refractivity contribution in [3.05, 3.63) is 29.8 Å². The van der Waals surface area contributed by atoms with E-state index in [0.29, 0.717) is 13.0 Å². The van der Waals surface area contributed by atoms with Gasteiger partial charge in [-0.05, 0) is 44.6 Å². The van der Waals surface area contributed by atoms with E-state index in [0.717, 1.165) is 0 Å². The van der Waals surface area contributed by atoms with Crippen LogP contribution in [-0.4, -0.2) is 36.8 Å². The molecule has 1 aliphatic rings. The summed E-state index contributed by atoms with van der Waals surface area (Å²) in [6.07, 6.45) is -4.10. The van der Waals surface area contributed by atoms with Gasteiger partial charge in [-0.1, -0.05) is 6.07 Å². The van der Waals surface area contributed by atoms with Gasteiger partial charge in [-0.3, -0.25) is 0 Å². The van der Waals surface area contributed by atoms with Crippen molar-refractivity contribution in [2.75, 3.05) is 20.1 Å². The number of rotatable bonds is 2. The molecule has 0 spiro atoms. The minimum Gasteiger partial charge on any atom is -0.476 e. The van der Waals surface area contributed by atoms with Crippen molar-refractivity contribution in [2.45, 2.75) is 24.6 Å². The molecule has 3 nitrogen and oxygen atoms in total. The summed E-state index contributed by atoms with van der Waals surface area (Å²) in [5.41, 5.74) is -1.92. The average molecular weight is 284 g/mol. The highest BCUT2D eigenvalue weighted by molar-refractivity contribution is 5.36. The van der Waals surface area contributed by atoms with Crippen LogP contribution >= 0.6 is 0 Å². The van der Waals surface area contributed by atoms with Gasteiger partial charge in [0.05, 0.1) is 11.6 Å². The Hall–Kier alpha value is -1.74. The van der Waals surface area contributed by atoms with Gasteiger partial charge in [0.25, 0.3) is 0 Å². The van der Waals surface area contributed by atoms with E-state index in [2.05, 4.69) is 0 Å². The third-order valence-electron chi connectivity index (χ3n) is 3.44. The highest BCUT2D eigenvalue weighted by Crippen LogP contribution is 2.40. The highest BCUT2D eigenvalue weighted by Gasteiger charge is 2.58. The number of likely N-dealkylation sites (tertiary alicyclic amines) is 1. The third-order valence-corrected chi connectivity index (χ3v) is 3.44. The first-order chi connectivity index (χ1) is 9.36. The topological polar surface area (TPSA) is 36.3 Å². The molecule has 0 aliphatic carbocycles. The van der Waals surface area contributed by atoms with E-state index in [9.17, 15) is 13.2 Å². The molecular weight excluding hydrogens is 269 g/mol. The van der Waals surface area contributed by atoms with Crippen LogP contribution in [0.4, 0.5) is 13.2 Å². The zero-order valence-corrected chi connectivity index (χ0v) is 11.1. The van der Waals surface area contributed by atoms with E-state index in [4.69, 9.17) is 10.00 Å². The Morgan fingerprint density at radius 3 is 2.75 bits per heavy atom.